The Balaban J connectivity index is 1.68. The highest BCUT2D eigenvalue weighted by Crippen LogP contribution is 2.38. The minimum absolute atomic E-state index is 0.101. The van der Waals surface area contributed by atoms with E-state index in [4.69, 9.17) is 9.97 Å². The molecule has 0 unspecified atom stereocenters. The van der Waals surface area contributed by atoms with Crippen LogP contribution in [0.2, 0.25) is 0 Å². The number of ketones is 1. The molecule has 2 aromatic rings. The quantitative estimate of drug-likeness (QED) is 0.786. The number of nitrogens with zero attached hydrogens (tertiary/aromatic N) is 4. The van der Waals surface area contributed by atoms with Crippen LogP contribution in [0.15, 0.2) is 24.3 Å². The Kier molecular flexibility index (Phi) is 5.75. The van der Waals surface area contributed by atoms with Crippen LogP contribution in [0.5, 0.6) is 0 Å². The first kappa shape index (κ1) is 20.8. The lowest BCUT2D eigenvalue weighted by atomic mass is 9.75. The smallest absolute Gasteiger partial charge is 0.227 e. The van der Waals surface area contributed by atoms with E-state index in [0.29, 0.717) is 30.3 Å². The molecule has 0 spiro atoms. The maximum absolute atomic E-state index is 13.0. The van der Waals surface area contributed by atoms with Crippen molar-refractivity contribution in [3.63, 3.8) is 0 Å². The molecule has 0 saturated carbocycles. The Morgan fingerprint density at radius 1 is 1.07 bits per heavy atom. The van der Waals surface area contributed by atoms with Crippen LogP contribution < -0.4 is 10.2 Å². The molecular weight excluding hydrogens is 378 g/mol. The van der Waals surface area contributed by atoms with Crippen LogP contribution >= 0.6 is 0 Å². The topological polar surface area (TPSA) is 81.6 Å². The van der Waals surface area contributed by atoms with Crippen molar-refractivity contribution in [2.45, 2.75) is 33.6 Å². The van der Waals surface area contributed by atoms with Crippen molar-refractivity contribution in [3.8, 4) is 0 Å². The highest BCUT2D eigenvalue weighted by Gasteiger charge is 2.35. The number of Topliss-reactive ketones (excluding diaryl/α,β-unsaturated/α-hetero) is 1. The van der Waals surface area contributed by atoms with Gasteiger partial charge >= 0.3 is 0 Å². The van der Waals surface area contributed by atoms with Crippen molar-refractivity contribution in [2.75, 3.05) is 49.5 Å². The minimum Gasteiger partial charge on any atom is -0.395 e. The van der Waals surface area contributed by atoms with Gasteiger partial charge in [-0.3, -0.25) is 9.69 Å². The molecule has 0 atom stereocenters. The number of hydrogen-bond acceptors (Lipinski definition) is 7. The van der Waals surface area contributed by atoms with Gasteiger partial charge in [0.15, 0.2) is 5.78 Å². The number of fused-ring (bicyclic) bond motifs is 1. The molecule has 2 heterocycles. The van der Waals surface area contributed by atoms with Gasteiger partial charge in [-0.25, -0.2) is 4.98 Å². The van der Waals surface area contributed by atoms with Crippen LogP contribution in [0.25, 0.3) is 0 Å². The molecule has 0 amide bonds. The third-order valence-corrected chi connectivity index (χ3v) is 5.92. The van der Waals surface area contributed by atoms with E-state index >= 15 is 0 Å². The summed E-state index contributed by atoms with van der Waals surface area (Å²) in [6, 6.07) is 8.10. The predicted octanol–water partition coefficient (Wildman–Crippen LogP) is 2.80. The lowest BCUT2D eigenvalue weighted by Crippen LogP contribution is -2.48. The van der Waals surface area contributed by atoms with E-state index in [-0.39, 0.29) is 17.8 Å². The third kappa shape index (κ3) is 4.47. The average molecular weight is 410 g/mol. The van der Waals surface area contributed by atoms with Gasteiger partial charge in [-0.15, -0.1) is 0 Å². The second-order valence-corrected chi connectivity index (χ2v) is 9.18. The highest BCUT2D eigenvalue weighted by atomic mass is 16.3. The zero-order chi connectivity index (χ0) is 21.3. The summed E-state index contributed by atoms with van der Waals surface area (Å²) in [4.78, 5) is 27.1. The summed E-state index contributed by atoms with van der Waals surface area (Å²) in [7, 11) is 0. The SMILES string of the molecule is Cc1ccc(Nc2nc(N3CCN(CCO)CC3)nc3c2C(=O)CC(C)(C)C3)cc1. The summed E-state index contributed by atoms with van der Waals surface area (Å²) in [5.41, 5.74) is 3.48. The molecule has 1 aromatic carbocycles. The van der Waals surface area contributed by atoms with Crippen molar-refractivity contribution in [2.24, 2.45) is 5.41 Å². The number of benzene rings is 1. The third-order valence-electron chi connectivity index (χ3n) is 5.92. The number of aliphatic hydroxyl groups excluding tert-OH is 1. The van der Waals surface area contributed by atoms with Crippen LogP contribution in [0, 0.1) is 12.3 Å². The number of aromatic nitrogens is 2. The van der Waals surface area contributed by atoms with Gasteiger partial charge in [0.2, 0.25) is 5.95 Å². The van der Waals surface area contributed by atoms with Gasteiger partial charge in [0.25, 0.3) is 0 Å². The summed E-state index contributed by atoms with van der Waals surface area (Å²) in [5, 5.41) is 12.6. The van der Waals surface area contributed by atoms with Crippen LogP contribution in [0.3, 0.4) is 0 Å². The average Bonchev–Trinajstić information content (AvgIpc) is 2.69. The first-order valence-corrected chi connectivity index (χ1v) is 10.7. The molecule has 1 saturated heterocycles. The summed E-state index contributed by atoms with van der Waals surface area (Å²) in [5.74, 6) is 1.39. The van der Waals surface area contributed by atoms with Crippen LogP contribution in [-0.4, -0.2) is 65.1 Å². The number of aryl methyl sites for hydroxylation is 1. The van der Waals surface area contributed by atoms with E-state index in [0.717, 1.165) is 44.0 Å². The number of nitrogens with one attached hydrogen (secondary N) is 1. The molecule has 7 nitrogen and oxygen atoms in total. The molecule has 1 fully saturated rings. The fourth-order valence-electron chi connectivity index (χ4n) is 4.27. The fourth-order valence-corrected chi connectivity index (χ4v) is 4.27. The maximum Gasteiger partial charge on any atom is 0.227 e. The number of anilines is 3. The first-order valence-electron chi connectivity index (χ1n) is 10.7. The molecule has 30 heavy (non-hydrogen) atoms. The van der Waals surface area contributed by atoms with Crippen LogP contribution in [0.1, 0.15) is 41.9 Å². The van der Waals surface area contributed by atoms with Gasteiger partial charge in [-0.05, 0) is 30.9 Å². The summed E-state index contributed by atoms with van der Waals surface area (Å²) in [6.07, 6.45) is 1.27. The van der Waals surface area contributed by atoms with Gasteiger partial charge in [0, 0.05) is 44.8 Å². The van der Waals surface area contributed by atoms with Crippen molar-refractivity contribution < 1.29 is 9.90 Å². The van der Waals surface area contributed by atoms with Crippen molar-refractivity contribution >= 4 is 23.2 Å². The van der Waals surface area contributed by atoms with E-state index in [1.165, 1.54) is 5.56 Å². The Labute approximate surface area is 178 Å². The Bertz CT molecular complexity index is 918. The van der Waals surface area contributed by atoms with Crippen LogP contribution in [0.4, 0.5) is 17.5 Å². The van der Waals surface area contributed by atoms with Gasteiger partial charge < -0.3 is 15.3 Å². The Hall–Kier alpha value is -2.51. The number of piperazine rings is 1. The number of aliphatic hydroxyl groups is 1. The van der Waals surface area contributed by atoms with Crippen molar-refractivity contribution in [1.29, 1.82) is 0 Å². The minimum atomic E-state index is -0.101. The van der Waals surface area contributed by atoms with E-state index in [2.05, 4.69) is 35.9 Å². The number of hydrogen-bond donors (Lipinski definition) is 2. The molecule has 1 aromatic heterocycles. The second kappa shape index (κ2) is 8.32. The molecule has 0 radical (unpaired) electrons. The lowest BCUT2D eigenvalue weighted by Gasteiger charge is -2.36. The summed E-state index contributed by atoms with van der Waals surface area (Å²) >= 11 is 0. The maximum atomic E-state index is 13.0. The molecule has 2 aliphatic rings. The predicted molar refractivity (Wildman–Crippen MR) is 119 cm³/mol. The van der Waals surface area contributed by atoms with E-state index in [1.807, 2.05) is 24.3 Å². The zero-order valence-electron chi connectivity index (χ0n) is 18.1. The standard InChI is InChI=1S/C23H31N5O2/c1-16-4-6-17(7-5-16)24-21-20-18(14-23(2,3)15-19(20)30)25-22(26-21)28-10-8-27(9-11-28)12-13-29/h4-7,29H,8-15H2,1-3H3,(H,24,25,26). The van der Waals surface area contributed by atoms with Crippen molar-refractivity contribution in [1.82, 2.24) is 14.9 Å². The fraction of sp³-hybridized carbons (Fsp3) is 0.522. The highest BCUT2D eigenvalue weighted by molar-refractivity contribution is 6.03. The second-order valence-electron chi connectivity index (χ2n) is 9.18. The lowest BCUT2D eigenvalue weighted by molar-refractivity contribution is 0.0911. The largest absolute Gasteiger partial charge is 0.395 e. The molecule has 2 N–H and O–H groups in total. The first-order chi connectivity index (χ1) is 14.3. The number of β-amino-alcohol motifs (C(OH)–C–C–N with tert-alkyl or cyclic N) is 1. The number of rotatable bonds is 5. The van der Waals surface area contributed by atoms with Gasteiger partial charge in [0.1, 0.15) is 5.82 Å². The molecular formula is C23H31N5O2. The Morgan fingerprint density at radius 2 is 1.77 bits per heavy atom. The molecule has 7 heteroatoms. The van der Waals surface area contributed by atoms with Gasteiger partial charge in [0.05, 0.1) is 17.9 Å². The molecule has 4 rings (SSSR count). The summed E-state index contributed by atoms with van der Waals surface area (Å²) < 4.78 is 0. The molecule has 1 aliphatic carbocycles. The number of carbonyl (C=O) groups excluding carboxylic acids is 1. The van der Waals surface area contributed by atoms with Crippen molar-refractivity contribution in [3.05, 3.63) is 41.1 Å². The normalized spacial score (nSPS) is 18.9. The van der Waals surface area contributed by atoms with Gasteiger partial charge in [-0.2, -0.15) is 4.98 Å². The zero-order valence-corrected chi connectivity index (χ0v) is 18.1. The molecule has 1 aliphatic heterocycles. The Morgan fingerprint density at radius 3 is 2.43 bits per heavy atom. The van der Waals surface area contributed by atoms with E-state index < -0.39 is 0 Å². The molecule has 160 valence electrons. The summed E-state index contributed by atoms with van der Waals surface area (Å²) in [6.45, 7) is 10.5. The van der Waals surface area contributed by atoms with Crippen LogP contribution in [-0.2, 0) is 6.42 Å². The van der Waals surface area contributed by atoms with E-state index in [9.17, 15) is 9.90 Å². The van der Waals surface area contributed by atoms with Gasteiger partial charge in [-0.1, -0.05) is 31.5 Å². The number of carbonyl (C=O) groups is 1. The molecule has 0 bridgehead atoms. The van der Waals surface area contributed by atoms with E-state index in [1.54, 1.807) is 0 Å². The monoisotopic (exact) mass is 409 g/mol.